The molecule has 1 atom stereocenters. The lowest BCUT2D eigenvalue weighted by molar-refractivity contribution is 0.0898. The molecule has 0 aliphatic carbocycles. The Kier molecular flexibility index (Phi) is 7.35. The topological polar surface area (TPSA) is 99.6 Å². The van der Waals surface area contributed by atoms with Crippen LogP contribution in [-0.2, 0) is 24.9 Å². The number of rotatable bonds is 9. The second kappa shape index (κ2) is 8.58. The maximum atomic E-state index is 13.2. The molecule has 1 rings (SSSR count). The Hall–Kier alpha value is -1.47. The molecular weight excluding hydrogens is 335 g/mol. The zero-order valence-electron chi connectivity index (χ0n) is 14.6. The highest BCUT2D eigenvalue weighted by molar-refractivity contribution is 7.54. The van der Waals surface area contributed by atoms with Gasteiger partial charge in [0.1, 0.15) is 0 Å². The van der Waals surface area contributed by atoms with Gasteiger partial charge >= 0.3 is 13.3 Å². The molecule has 0 radical (unpaired) electrons. The third-order valence-electron chi connectivity index (χ3n) is 2.85. The Bertz CT molecular complexity index is 707. The minimum atomic E-state index is -3.67. The highest BCUT2D eigenvalue weighted by Gasteiger charge is 2.40. The number of nitrogens with one attached hydrogen (secondary N) is 1. The minimum Gasteiger partial charge on any atom is -0.364 e. The fourth-order valence-corrected chi connectivity index (χ4v) is 4.34. The predicted octanol–water partition coefficient (Wildman–Crippen LogP) is 2.11. The first-order chi connectivity index (χ1) is 11.1. The smallest absolute Gasteiger partial charge is 0.363 e. The quantitative estimate of drug-likeness (QED) is 0.535. The SMILES string of the molecule is C=C(Cn1ccc(=O)[nH]c1=O)C(OC)P(=O)(OC(C)C)OC(C)C. The van der Waals surface area contributed by atoms with Crippen LogP contribution in [-0.4, -0.2) is 34.7 Å². The van der Waals surface area contributed by atoms with E-state index in [9.17, 15) is 14.2 Å². The summed E-state index contributed by atoms with van der Waals surface area (Å²) in [5.41, 5.74) is -0.763. The first-order valence-electron chi connectivity index (χ1n) is 7.55. The maximum absolute atomic E-state index is 13.2. The van der Waals surface area contributed by atoms with Gasteiger partial charge in [-0.1, -0.05) is 6.58 Å². The molecule has 1 N–H and O–H groups in total. The number of hydrogen-bond donors (Lipinski definition) is 1. The van der Waals surface area contributed by atoms with Gasteiger partial charge in [-0.3, -0.25) is 18.9 Å². The monoisotopic (exact) mass is 360 g/mol. The van der Waals surface area contributed by atoms with Crippen molar-refractivity contribution in [1.82, 2.24) is 9.55 Å². The molecular formula is C15H25N2O6P. The van der Waals surface area contributed by atoms with E-state index >= 15 is 0 Å². The molecule has 0 amide bonds. The van der Waals surface area contributed by atoms with E-state index in [1.54, 1.807) is 27.7 Å². The third kappa shape index (κ3) is 5.56. The molecule has 136 valence electrons. The summed E-state index contributed by atoms with van der Waals surface area (Å²) in [7, 11) is -2.30. The van der Waals surface area contributed by atoms with Gasteiger partial charge in [-0.25, -0.2) is 4.79 Å². The van der Waals surface area contributed by atoms with Gasteiger partial charge in [0.15, 0.2) is 5.85 Å². The summed E-state index contributed by atoms with van der Waals surface area (Å²) < 4.78 is 30.7. The number of methoxy groups -OCH3 is 1. The van der Waals surface area contributed by atoms with Crippen LogP contribution >= 0.6 is 7.60 Å². The zero-order valence-corrected chi connectivity index (χ0v) is 15.5. The van der Waals surface area contributed by atoms with Crippen LogP contribution in [0.1, 0.15) is 27.7 Å². The number of aromatic amines is 1. The van der Waals surface area contributed by atoms with Crippen molar-refractivity contribution in [3.05, 3.63) is 45.3 Å². The van der Waals surface area contributed by atoms with Crippen molar-refractivity contribution in [2.45, 2.75) is 52.3 Å². The fourth-order valence-electron chi connectivity index (χ4n) is 2.11. The summed E-state index contributed by atoms with van der Waals surface area (Å²) in [5, 5.41) is 0. The van der Waals surface area contributed by atoms with E-state index in [-0.39, 0.29) is 18.8 Å². The normalized spacial score (nSPS) is 13.5. The van der Waals surface area contributed by atoms with Crippen LogP contribution in [0.15, 0.2) is 34.0 Å². The molecule has 1 aromatic heterocycles. The number of aromatic nitrogens is 2. The van der Waals surface area contributed by atoms with Crippen LogP contribution in [0.4, 0.5) is 0 Å². The molecule has 0 aliphatic heterocycles. The third-order valence-corrected chi connectivity index (χ3v) is 5.43. The molecule has 0 aromatic carbocycles. The Labute approximate surface area is 141 Å². The molecule has 1 unspecified atom stereocenters. The molecule has 0 bridgehead atoms. The molecule has 0 spiro atoms. The summed E-state index contributed by atoms with van der Waals surface area (Å²) in [4.78, 5) is 25.0. The van der Waals surface area contributed by atoms with Crippen LogP contribution in [0.3, 0.4) is 0 Å². The van der Waals surface area contributed by atoms with E-state index in [0.29, 0.717) is 5.57 Å². The Morgan fingerprint density at radius 1 is 1.25 bits per heavy atom. The summed E-state index contributed by atoms with van der Waals surface area (Å²) >= 11 is 0. The molecule has 1 heterocycles. The highest BCUT2D eigenvalue weighted by atomic mass is 31.2. The van der Waals surface area contributed by atoms with Gasteiger partial charge in [-0.15, -0.1) is 0 Å². The van der Waals surface area contributed by atoms with Crippen molar-refractivity contribution >= 4 is 7.60 Å². The van der Waals surface area contributed by atoms with Crippen molar-refractivity contribution in [2.24, 2.45) is 0 Å². The average molecular weight is 360 g/mol. The van der Waals surface area contributed by atoms with Crippen molar-refractivity contribution in [1.29, 1.82) is 0 Å². The first-order valence-corrected chi connectivity index (χ1v) is 9.17. The van der Waals surface area contributed by atoms with E-state index < -0.39 is 24.7 Å². The zero-order chi connectivity index (χ0) is 18.5. The van der Waals surface area contributed by atoms with Gasteiger partial charge < -0.3 is 13.8 Å². The summed E-state index contributed by atoms with van der Waals surface area (Å²) in [6, 6.07) is 1.21. The van der Waals surface area contributed by atoms with Gasteiger partial charge in [-0.05, 0) is 33.3 Å². The minimum absolute atomic E-state index is 0.00101. The lowest BCUT2D eigenvalue weighted by atomic mass is 10.3. The molecule has 0 saturated heterocycles. The van der Waals surface area contributed by atoms with E-state index in [4.69, 9.17) is 13.8 Å². The first kappa shape index (κ1) is 20.6. The van der Waals surface area contributed by atoms with Crippen LogP contribution < -0.4 is 11.2 Å². The van der Waals surface area contributed by atoms with Gasteiger partial charge in [0.25, 0.3) is 5.56 Å². The summed E-state index contributed by atoms with van der Waals surface area (Å²) in [5.74, 6) is -1.04. The van der Waals surface area contributed by atoms with Crippen LogP contribution in [0.25, 0.3) is 0 Å². The van der Waals surface area contributed by atoms with Crippen LogP contribution in [0.5, 0.6) is 0 Å². The van der Waals surface area contributed by atoms with Crippen LogP contribution in [0.2, 0.25) is 0 Å². The van der Waals surface area contributed by atoms with E-state index in [1.165, 1.54) is 23.9 Å². The van der Waals surface area contributed by atoms with Gasteiger partial charge in [0, 0.05) is 19.4 Å². The Morgan fingerprint density at radius 3 is 2.21 bits per heavy atom. The van der Waals surface area contributed by atoms with Crippen molar-refractivity contribution in [3.8, 4) is 0 Å². The molecule has 9 heteroatoms. The van der Waals surface area contributed by atoms with Crippen molar-refractivity contribution < 1.29 is 18.3 Å². The number of H-pyrrole nitrogens is 1. The Morgan fingerprint density at radius 2 is 1.79 bits per heavy atom. The van der Waals surface area contributed by atoms with Crippen LogP contribution in [0, 0.1) is 0 Å². The van der Waals surface area contributed by atoms with E-state index in [0.717, 1.165) is 0 Å². The number of nitrogens with zero attached hydrogens (tertiary/aromatic N) is 1. The van der Waals surface area contributed by atoms with Crippen molar-refractivity contribution in [3.63, 3.8) is 0 Å². The number of ether oxygens (including phenoxy) is 1. The second-order valence-corrected chi connectivity index (χ2v) is 7.80. The molecule has 0 fully saturated rings. The predicted molar refractivity (Wildman–Crippen MR) is 91.3 cm³/mol. The standard InChI is InChI=1S/C15H25N2O6P/c1-10(2)22-24(20,23-11(3)4)14(21-6)12(5)9-17-8-7-13(18)16-15(17)19/h7-8,10-11,14H,5,9H2,1-4,6H3,(H,16,18,19). The number of hydrogen-bond acceptors (Lipinski definition) is 6. The van der Waals surface area contributed by atoms with Gasteiger partial charge in [0.2, 0.25) is 0 Å². The largest absolute Gasteiger partial charge is 0.364 e. The molecule has 24 heavy (non-hydrogen) atoms. The maximum Gasteiger partial charge on any atom is 0.363 e. The van der Waals surface area contributed by atoms with Crippen molar-refractivity contribution in [2.75, 3.05) is 7.11 Å². The molecule has 1 aromatic rings. The second-order valence-electron chi connectivity index (χ2n) is 5.83. The Balaban J connectivity index is 3.11. The van der Waals surface area contributed by atoms with E-state index in [1.807, 2.05) is 0 Å². The molecule has 0 saturated carbocycles. The summed E-state index contributed by atoms with van der Waals surface area (Å²) in [6.45, 7) is 10.8. The van der Waals surface area contributed by atoms with Gasteiger partial charge in [0.05, 0.1) is 18.8 Å². The lowest BCUT2D eigenvalue weighted by Gasteiger charge is -2.30. The average Bonchev–Trinajstić information content (AvgIpc) is 2.40. The summed E-state index contributed by atoms with van der Waals surface area (Å²) in [6.07, 6.45) is 0.628. The molecule has 0 aliphatic rings. The van der Waals surface area contributed by atoms with Gasteiger partial charge in [-0.2, -0.15) is 0 Å². The molecule has 8 nitrogen and oxygen atoms in total. The lowest BCUT2D eigenvalue weighted by Crippen LogP contribution is -2.31. The van der Waals surface area contributed by atoms with E-state index in [2.05, 4.69) is 11.6 Å². The fraction of sp³-hybridized carbons (Fsp3) is 0.600. The highest BCUT2D eigenvalue weighted by Crippen LogP contribution is 2.57.